The van der Waals surface area contributed by atoms with Crippen LogP contribution < -0.4 is 9.46 Å². The minimum Gasteiger partial charge on any atom is -0.487 e. The number of nitrogens with one attached hydrogen (secondary N) is 1. The molecule has 0 fully saturated rings. The Kier molecular flexibility index (Phi) is 6.31. The molecule has 1 N–H and O–H groups in total. The molecule has 0 aliphatic rings. The highest BCUT2D eigenvalue weighted by Gasteiger charge is 2.21. The molecule has 36 heavy (non-hydrogen) atoms. The summed E-state index contributed by atoms with van der Waals surface area (Å²) < 4.78 is 36.6. The van der Waals surface area contributed by atoms with Crippen LogP contribution in [0.15, 0.2) is 114 Å². The van der Waals surface area contributed by atoms with Crippen LogP contribution >= 0.6 is 0 Å². The van der Waals surface area contributed by atoms with Crippen molar-refractivity contribution in [1.82, 2.24) is 4.57 Å². The van der Waals surface area contributed by atoms with E-state index < -0.39 is 10.0 Å². The highest BCUT2D eigenvalue weighted by atomic mass is 32.2. The summed E-state index contributed by atoms with van der Waals surface area (Å²) >= 11 is 0. The number of ether oxygens (including phenoxy) is 1. The smallest absolute Gasteiger partial charge is 0.262 e. The third-order valence-corrected chi connectivity index (χ3v) is 7.26. The van der Waals surface area contributed by atoms with Gasteiger partial charge in [0.2, 0.25) is 0 Å². The van der Waals surface area contributed by atoms with Crippen molar-refractivity contribution in [2.75, 3.05) is 4.72 Å². The van der Waals surface area contributed by atoms with Crippen LogP contribution in [-0.4, -0.2) is 18.9 Å². The highest BCUT2D eigenvalue weighted by Crippen LogP contribution is 2.35. The van der Waals surface area contributed by atoms with Crippen LogP contribution in [0.3, 0.4) is 0 Å². The molecule has 0 saturated heterocycles. The normalized spacial score (nSPS) is 11.4. The molecule has 0 atom stereocenters. The van der Waals surface area contributed by atoms with Crippen molar-refractivity contribution in [2.24, 2.45) is 0 Å². The zero-order chi connectivity index (χ0) is 25.1. The largest absolute Gasteiger partial charge is 0.487 e. The topological polar surface area (TPSA) is 77.4 Å². The first-order valence-electron chi connectivity index (χ1n) is 11.4. The highest BCUT2D eigenvalue weighted by molar-refractivity contribution is 7.92. The van der Waals surface area contributed by atoms with Gasteiger partial charge in [-0.3, -0.25) is 14.1 Å². The molecular formula is C29H24N2O4S. The lowest BCUT2D eigenvalue weighted by Gasteiger charge is -2.15. The molecule has 4 aromatic carbocycles. The maximum absolute atomic E-state index is 13.3. The first kappa shape index (κ1) is 23.4. The number of aromatic nitrogens is 1. The molecule has 0 unspecified atom stereocenters. The summed E-state index contributed by atoms with van der Waals surface area (Å²) in [7, 11) is -3.86. The van der Waals surface area contributed by atoms with Crippen molar-refractivity contribution in [3.63, 3.8) is 0 Å². The number of hydrogen-bond donors (Lipinski definition) is 1. The minimum atomic E-state index is -3.86. The molecule has 180 valence electrons. The quantitative estimate of drug-likeness (QED) is 0.299. The summed E-state index contributed by atoms with van der Waals surface area (Å²) in [5.74, 6) is 0.145. The number of anilines is 1. The Hall–Kier alpha value is -4.36. The van der Waals surface area contributed by atoms with E-state index in [0.29, 0.717) is 22.5 Å². The Morgan fingerprint density at radius 3 is 2.14 bits per heavy atom. The molecule has 7 heteroatoms. The summed E-state index contributed by atoms with van der Waals surface area (Å²) in [6, 6.07) is 30.2. The first-order chi connectivity index (χ1) is 17.4. The Morgan fingerprint density at radius 2 is 1.47 bits per heavy atom. The lowest BCUT2D eigenvalue weighted by atomic mass is 10.1. The molecule has 0 radical (unpaired) electrons. The van der Waals surface area contributed by atoms with Crippen LogP contribution in [0, 0.1) is 6.92 Å². The third kappa shape index (κ3) is 4.74. The van der Waals surface area contributed by atoms with Crippen molar-refractivity contribution >= 4 is 32.5 Å². The van der Waals surface area contributed by atoms with Gasteiger partial charge in [-0.2, -0.15) is 0 Å². The van der Waals surface area contributed by atoms with E-state index in [1.165, 1.54) is 12.1 Å². The summed E-state index contributed by atoms with van der Waals surface area (Å²) in [4.78, 5) is 13.4. The van der Waals surface area contributed by atoms with Gasteiger partial charge in [-0.05, 0) is 48.4 Å². The lowest BCUT2D eigenvalue weighted by molar-refractivity contribution is 0.0965. The van der Waals surface area contributed by atoms with Crippen molar-refractivity contribution in [2.45, 2.75) is 18.4 Å². The second-order valence-electron chi connectivity index (χ2n) is 8.41. The molecular weight excluding hydrogens is 472 g/mol. The fourth-order valence-electron chi connectivity index (χ4n) is 4.04. The Morgan fingerprint density at radius 1 is 0.861 bits per heavy atom. The maximum Gasteiger partial charge on any atom is 0.262 e. The van der Waals surface area contributed by atoms with Crippen LogP contribution in [0.25, 0.3) is 10.9 Å². The molecule has 0 aliphatic heterocycles. The van der Waals surface area contributed by atoms with Gasteiger partial charge in [0, 0.05) is 23.2 Å². The van der Waals surface area contributed by atoms with Crippen LogP contribution in [0.1, 0.15) is 21.5 Å². The SMILES string of the molecule is Cc1cn(C(=O)c2ccccc2)c2cc(OCc3ccccc3)c(NS(=O)(=O)c3ccccc3)cc12. The second-order valence-corrected chi connectivity index (χ2v) is 10.1. The molecule has 0 saturated carbocycles. The van der Waals surface area contributed by atoms with E-state index in [4.69, 9.17) is 4.74 Å². The Bertz CT molecular complexity index is 1630. The summed E-state index contributed by atoms with van der Waals surface area (Å²) in [5.41, 5.74) is 3.25. The van der Waals surface area contributed by atoms with E-state index in [-0.39, 0.29) is 17.4 Å². The zero-order valence-electron chi connectivity index (χ0n) is 19.6. The van der Waals surface area contributed by atoms with Crippen LogP contribution in [-0.2, 0) is 16.6 Å². The van der Waals surface area contributed by atoms with E-state index in [1.54, 1.807) is 53.2 Å². The van der Waals surface area contributed by atoms with Gasteiger partial charge in [0.15, 0.2) is 0 Å². The van der Waals surface area contributed by atoms with Crippen molar-refractivity contribution in [1.29, 1.82) is 0 Å². The molecule has 5 rings (SSSR count). The molecule has 1 aromatic heterocycles. The summed E-state index contributed by atoms with van der Waals surface area (Å²) in [6.07, 6.45) is 1.76. The van der Waals surface area contributed by atoms with Gasteiger partial charge in [-0.1, -0.05) is 66.7 Å². The lowest BCUT2D eigenvalue weighted by Crippen LogP contribution is -2.14. The number of fused-ring (bicyclic) bond motifs is 1. The average Bonchev–Trinajstić information content (AvgIpc) is 3.23. The molecule has 1 heterocycles. The van der Waals surface area contributed by atoms with E-state index in [1.807, 2.05) is 55.5 Å². The van der Waals surface area contributed by atoms with Gasteiger partial charge in [0.25, 0.3) is 15.9 Å². The van der Waals surface area contributed by atoms with Gasteiger partial charge in [-0.25, -0.2) is 8.42 Å². The first-order valence-corrected chi connectivity index (χ1v) is 12.9. The minimum absolute atomic E-state index is 0.146. The van der Waals surface area contributed by atoms with Crippen LogP contribution in [0.4, 0.5) is 5.69 Å². The fourth-order valence-corrected chi connectivity index (χ4v) is 5.12. The number of benzene rings is 4. The van der Waals surface area contributed by atoms with Gasteiger partial charge in [-0.15, -0.1) is 0 Å². The van der Waals surface area contributed by atoms with E-state index in [9.17, 15) is 13.2 Å². The van der Waals surface area contributed by atoms with Crippen LogP contribution in [0.2, 0.25) is 0 Å². The number of hydrogen-bond acceptors (Lipinski definition) is 4. The summed E-state index contributed by atoms with van der Waals surface area (Å²) in [5, 5.41) is 0.747. The number of carbonyl (C=O) groups is 1. The molecule has 0 bridgehead atoms. The maximum atomic E-state index is 13.3. The number of aryl methyl sites for hydroxylation is 1. The van der Waals surface area contributed by atoms with Gasteiger partial charge in [0.1, 0.15) is 12.4 Å². The van der Waals surface area contributed by atoms with E-state index in [0.717, 1.165) is 16.5 Å². The van der Waals surface area contributed by atoms with Crippen molar-refractivity contribution in [3.8, 4) is 5.75 Å². The zero-order valence-corrected chi connectivity index (χ0v) is 20.4. The number of nitrogens with zero attached hydrogens (tertiary/aromatic N) is 1. The molecule has 5 aromatic rings. The standard InChI is InChI=1S/C29H24N2O4S/c1-21-19-31(29(32)23-13-7-3-8-14-23)27-18-28(35-20-22-11-5-2-6-12-22)26(17-25(21)27)30-36(33,34)24-15-9-4-10-16-24/h2-19,30H,20H2,1H3. The van der Waals surface area contributed by atoms with Crippen LogP contribution in [0.5, 0.6) is 5.75 Å². The van der Waals surface area contributed by atoms with E-state index >= 15 is 0 Å². The van der Waals surface area contributed by atoms with Gasteiger partial charge < -0.3 is 4.74 Å². The predicted molar refractivity (Wildman–Crippen MR) is 141 cm³/mol. The van der Waals surface area contributed by atoms with Crippen molar-refractivity contribution < 1.29 is 17.9 Å². The van der Waals surface area contributed by atoms with Crippen molar-refractivity contribution in [3.05, 3.63) is 126 Å². The Labute approximate surface area is 209 Å². The van der Waals surface area contributed by atoms with E-state index in [2.05, 4.69) is 4.72 Å². The third-order valence-electron chi connectivity index (χ3n) is 5.88. The molecule has 6 nitrogen and oxygen atoms in total. The Balaban J connectivity index is 1.60. The molecule has 0 amide bonds. The monoisotopic (exact) mass is 496 g/mol. The second kappa shape index (κ2) is 9.71. The number of sulfonamides is 1. The molecule has 0 aliphatic carbocycles. The molecule has 0 spiro atoms. The fraction of sp³-hybridized carbons (Fsp3) is 0.0690. The van der Waals surface area contributed by atoms with Gasteiger partial charge in [0.05, 0.1) is 16.1 Å². The summed E-state index contributed by atoms with van der Waals surface area (Å²) in [6.45, 7) is 2.12. The average molecular weight is 497 g/mol. The number of carbonyl (C=O) groups excluding carboxylic acids is 1. The predicted octanol–water partition coefficient (Wildman–Crippen LogP) is 6.02. The van der Waals surface area contributed by atoms with Gasteiger partial charge >= 0.3 is 0 Å². The number of rotatable bonds is 7.